The largest absolute Gasteiger partial charge is 0.502 e. The van der Waals surface area contributed by atoms with Crippen molar-refractivity contribution in [3.63, 3.8) is 0 Å². The maximum absolute atomic E-state index is 11.6. The zero-order valence-corrected chi connectivity index (χ0v) is 10.9. The van der Waals surface area contributed by atoms with Crippen LogP contribution in [0.4, 0.5) is 5.69 Å². The first-order chi connectivity index (χ1) is 9.97. The lowest BCUT2D eigenvalue weighted by Gasteiger charge is -1.98. The summed E-state index contributed by atoms with van der Waals surface area (Å²) in [5, 5.41) is 30.0. The highest BCUT2D eigenvalue weighted by Gasteiger charge is 2.13. The Morgan fingerprint density at radius 3 is 2.90 bits per heavy atom. The number of H-pyrrole nitrogens is 1. The van der Waals surface area contributed by atoms with Gasteiger partial charge in [0, 0.05) is 17.3 Å². The van der Waals surface area contributed by atoms with Crippen molar-refractivity contribution < 1.29 is 14.8 Å². The molecule has 0 bridgehead atoms. The highest BCUT2D eigenvalue weighted by atomic mass is 16.6. The molecule has 0 fully saturated rings. The maximum Gasteiger partial charge on any atom is 0.311 e. The molecule has 9 nitrogen and oxygen atoms in total. The van der Waals surface area contributed by atoms with Crippen molar-refractivity contribution in [2.75, 3.05) is 0 Å². The van der Waals surface area contributed by atoms with E-state index in [-0.39, 0.29) is 5.69 Å². The Morgan fingerprint density at radius 2 is 2.29 bits per heavy atom. The van der Waals surface area contributed by atoms with Gasteiger partial charge < -0.3 is 5.11 Å². The summed E-state index contributed by atoms with van der Waals surface area (Å²) in [6.45, 7) is 1.75. The highest BCUT2D eigenvalue weighted by Crippen LogP contribution is 2.25. The number of aromatic amines is 1. The predicted octanol–water partition coefficient (Wildman–Crippen LogP) is 1.10. The second-order valence-corrected chi connectivity index (χ2v) is 4.14. The minimum absolute atomic E-state index is 0.182. The fraction of sp³-hybridized carbons (Fsp3) is 0.0833. The minimum atomic E-state index is -0.711. The molecule has 21 heavy (non-hydrogen) atoms. The van der Waals surface area contributed by atoms with Crippen LogP contribution < -0.4 is 5.43 Å². The van der Waals surface area contributed by atoms with Crippen molar-refractivity contribution >= 4 is 17.8 Å². The van der Waals surface area contributed by atoms with Gasteiger partial charge in [0.1, 0.15) is 0 Å². The maximum atomic E-state index is 11.6. The third-order valence-corrected chi connectivity index (χ3v) is 2.51. The second kappa shape index (κ2) is 5.82. The monoisotopic (exact) mass is 289 g/mol. The van der Waals surface area contributed by atoms with Gasteiger partial charge >= 0.3 is 5.69 Å². The Kier molecular flexibility index (Phi) is 3.93. The van der Waals surface area contributed by atoms with E-state index in [2.05, 4.69) is 20.7 Å². The van der Waals surface area contributed by atoms with Gasteiger partial charge in [0.25, 0.3) is 5.91 Å². The van der Waals surface area contributed by atoms with Gasteiger partial charge in [-0.1, -0.05) is 0 Å². The Morgan fingerprint density at radius 1 is 1.52 bits per heavy atom. The molecule has 1 aromatic carbocycles. The van der Waals surface area contributed by atoms with E-state index in [4.69, 9.17) is 0 Å². The van der Waals surface area contributed by atoms with Crippen molar-refractivity contribution in [2.24, 2.45) is 5.10 Å². The third-order valence-electron chi connectivity index (χ3n) is 2.51. The van der Waals surface area contributed by atoms with E-state index in [1.54, 1.807) is 13.0 Å². The lowest BCUT2D eigenvalue weighted by atomic mass is 10.2. The quantitative estimate of drug-likeness (QED) is 0.440. The number of nitro groups is 1. The van der Waals surface area contributed by atoms with Crippen LogP contribution >= 0.6 is 0 Å². The zero-order chi connectivity index (χ0) is 15.4. The number of carbonyl (C=O) groups is 1. The molecule has 3 N–H and O–H groups in total. The molecule has 1 aromatic heterocycles. The first kappa shape index (κ1) is 14.2. The van der Waals surface area contributed by atoms with Crippen LogP contribution in [0.2, 0.25) is 0 Å². The zero-order valence-electron chi connectivity index (χ0n) is 10.9. The van der Waals surface area contributed by atoms with Gasteiger partial charge in [-0.25, -0.2) is 5.43 Å². The number of nitro benzene ring substituents is 1. The Hall–Kier alpha value is -3.23. The van der Waals surface area contributed by atoms with Crippen molar-refractivity contribution in [1.29, 1.82) is 0 Å². The molecule has 9 heteroatoms. The van der Waals surface area contributed by atoms with Crippen molar-refractivity contribution in [3.05, 3.63) is 51.3 Å². The molecule has 0 aliphatic carbocycles. The Labute approximate surface area is 118 Å². The molecule has 0 aliphatic heterocycles. The fourth-order valence-electron chi connectivity index (χ4n) is 1.52. The first-order valence-electron chi connectivity index (χ1n) is 5.80. The number of aromatic hydroxyl groups is 1. The SMILES string of the molecule is Cc1cc(C(=O)N/N=C/c2ccc(O)c([N+](=O)[O-])c2)n[nH]1. The Balaban J connectivity index is 2.06. The predicted molar refractivity (Wildman–Crippen MR) is 73.1 cm³/mol. The van der Waals surface area contributed by atoms with Gasteiger partial charge in [0.05, 0.1) is 11.1 Å². The van der Waals surface area contributed by atoms with Crippen LogP contribution in [-0.4, -0.2) is 32.3 Å². The van der Waals surface area contributed by atoms with Crippen LogP contribution in [0.15, 0.2) is 29.4 Å². The van der Waals surface area contributed by atoms with Crippen molar-refractivity contribution in [2.45, 2.75) is 6.92 Å². The van der Waals surface area contributed by atoms with E-state index >= 15 is 0 Å². The number of aryl methyl sites for hydroxylation is 1. The van der Waals surface area contributed by atoms with E-state index in [0.29, 0.717) is 5.56 Å². The number of rotatable bonds is 4. The van der Waals surface area contributed by atoms with E-state index in [1.165, 1.54) is 18.3 Å². The van der Waals surface area contributed by atoms with Gasteiger partial charge in [-0.05, 0) is 25.1 Å². The molecule has 0 saturated heterocycles. The molecular formula is C12H11N5O4. The number of aromatic nitrogens is 2. The molecule has 0 atom stereocenters. The highest BCUT2D eigenvalue weighted by molar-refractivity contribution is 5.93. The number of nitrogens with zero attached hydrogens (tertiary/aromatic N) is 3. The van der Waals surface area contributed by atoms with Gasteiger partial charge in [-0.2, -0.15) is 10.2 Å². The van der Waals surface area contributed by atoms with Crippen LogP contribution in [0.5, 0.6) is 5.75 Å². The van der Waals surface area contributed by atoms with Crippen molar-refractivity contribution in [3.8, 4) is 5.75 Å². The molecule has 0 radical (unpaired) electrons. The smallest absolute Gasteiger partial charge is 0.311 e. The molecule has 0 aliphatic rings. The van der Waals surface area contributed by atoms with Gasteiger partial charge in [0.15, 0.2) is 11.4 Å². The molecule has 1 amide bonds. The number of phenolic OH excluding ortho intramolecular Hbond substituents is 1. The molecule has 0 saturated carbocycles. The number of amides is 1. The topological polar surface area (TPSA) is 134 Å². The van der Waals surface area contributed by atoms with E-state index in [1.807, 2.05) is 0 Å². The summed E-state index contributed by atoms with van der Waals surface area (Å²) < 4.78 is 0. The van der Waals surface area contributed by atoms with Crippen LogP contribution in [0, 0.1) is 17.0 Å². The summed E-state index contributed by atoms with van der Waals surface area (Å²) >= 11 is 0. The number of hydrogen-bond donors (Lipinski definition) is 3. The van der Waals surface area contributed by atoms with Crippen LogP contribution in [0.25, 0.3) is 0 Å². The lowest BCUT2D eigenvalue weighted by molar-refractivity contribution is -0.385. The molecule has 0 unspecified atom stereocenters. The standard InChI is InChI=1S/C12H11N5O4/c1-7-4-9(15-14-7)12(19)16-13-6-8-2-3-11(18)10(5-8)17(20)21/h2-6,18H,1H3,(H,14,15)(H,16,19)/b13-6+. The molecule has 108 valence electrons. The number of benzene rings is 1. The van der Waals surface area contributed by atoms with E-state index in [9.17, 15) is 20.0 Å². The summed E-state index contributed by atoms with van der Waals surface area (Å²) in [5.74, 6) is -0.947. The molecule has 1 heterocycles. The average Bonchev–Trinajstić information content (AvgIpc) is 2.87. The number of phenols is 1. The number of hydrogen-bond acceptors (Lipinski definition) is 6. The summed E-state index contributed by atoms with van der Waals surface area (Å²) in [7, 11) is 0. The molecule has 2 aromatic rings. The fourth-order valence-corrected chi connectivity index (χ4v) is 1.52. The summed E-state index contributed by atoms with van der Waals surface area (Å²) in [6, 6.07) is 5.30. The van der Waals surface area contributed by atoms with Crippen LogP contribution in [-0.2, 0) is 0 Å². The lowest BCUT2D eigenvalue weighted by Crippen LogP contribution is -2.18. The second-order valence-electron chi connectivity index (χ2n) is 4.14. The van der Waals surface area contributed by atoms with Crippen LogP contribution in [0.3, 0.4) is 0 Å². The molecular weight excluding hydrogens is 278 g/mol. The first-order valence-corrected chi connectivity index (χ1v) is 5.80. The normalized spacial score (nSPS) is 10.7. The van der Waals surface area contributed by atoms with Gasteiger partial charge in [0.2, 0.25) is 0 Å². The Bertz CT molecular complexity index is 722. The molecule has 0 spiro atoms. The number of hydrazone groups is 1. The summed E-state index contributed by atoms with van der Waals surface area (Å²) in [6.07, 6.45) is 1.23. The third kappa shape index (κ3) is 3.41. The van der Waals surface area contributed by atoms with Crippen molar-refractivity contribution in [1.82, 2.24) is 15.6 Å². The van der Waals surface area contributed by atoms with E-state index < -0.39 is 22.3 Å². The molecule has 2 rings (SSSR count). The summed E-state index contributed by atoms with van der Waals surface area (Å²) in [5.41, 5.74) is 3.08. The van der Waals surface area contributed by atoms with Crippen LogP contribution in [0.1, 0.15) is 21.7 Å². The number of nitrogens with one attached hydrogen (secondary N) is 2. The average molecular weight is 289 g/mol. The van der Waals surface area contributed by atoms with Gasteiger partial charge in [-0.3, -0.25) is 20.0 Å². The van der Waals surface area contributed by atoms with Gasteiger partial charge in [-0.15, -0.1) is 0 Å². The van der Waals surface area contributed by atoms with E-state index in [0.717, 1.165) is 11.8 Å². The summed E-state index contributed by atoms with van der Waals surface area (Å²) in [4.78, 5) is 21.6. The minimum Gasteiger partial charge on any atom is -0.502 e. The number of carbonyl (C=O) groups excluding carboxylic acids is 1.